The number of carbonyl (C=O) groups excluding carboxylic acids is 1. The van der Waals surface area contributed by atoms with Crippen molar-refractivity contribution in [1.82, 2.24) is 27.8 Å². The molecule has 230 valence electrons. The Morgan fingerprint density at radius 1 is 0.644 bits per heavy atom. The second kappa shape index (κ2) is 13.1. The summed E-state index contributed by atoms with van der Waals surface area (Å²) in [6.45, 7) is 5.76. The average Bonchev–Trinajstić information content (AvgIpc) is 3.74. The molecule has 4 N–H and O–H groups in total. The van der Waals surface area contributed by atoms with Crippen LogP contribution < -0.4 is 21.4 Å². The minimum atomic E-state index is -3.55. The van der Waals surface area contributed by atoms with Crippen LogP contribution in [-0.2, 0) is 10.0 Å². The molecule has 0 saturated carbocycles. The Bertz CT molecular complexity index is 2470. The molecule has 2 aromatic carbocycles. The molecular weight excluding hydrogens is 657 g/mol. The number of fused-ring (bicyclic) bond motifs is 4. The molecular formula is C29H24N6O6S4. The lowest BCUT2D eigenvalue weighted by Gasteiger charge is -1.94. The van der Waals surface area contributed by atoms with Crippen molar-refractivity contribution in [3.8, 4) is 0 Å². The van der Waals surface area contributed by atoms with Gasteiger partial charge in [-0.2, -0.15) is 0 Å². The average molecular weight is 681 g/mol. The number of aromatic amines is 3. The summed E-state index contributed by atoms with van der Waals surface area (Å²) in [4.78, 5) is 54.2. The van der Waals surface area contributed by atoms with Crippen molar-refractivity contribution in [1.29, 1.82) is 0 Å². The molecule has 16 heteroatoms. The highest BCUT2D eigenvalue weighted by Gasteiger charge is 2.31. The third-order valence-electron chi connectivity index (χ3n) is 6.30. The summed E-state index contributed by atoms with van der Waals surface area (Å²) in [5, 5.41) is 2.19. The Morgan fingerprint density at radius 3 is 2.02 bits per heavy atom. The summed E-state index contributed by atoms with van der Waals surface area (Å²) in [5.41, 5.74) is 3.05. The zero-order valence-corrected chi connectivity index (χ0v) is 27.1. The molecule has 1 aliphatic heterocycles. The zero-order valence-electron chi connectivity index (χ0n) is 23.8. The molecule has 45 heavy (non-hydrogen) atoms. The molecule has 7 aromatic rings. The standard InChI is InChI=1S/C8H8N2OS.C7H6N2OS.C7H5NO3S.C7H5NOS/c1-4-3-5(2)9-8-6(4)7(11)10-12-8;1-4-2-3-5-6(10)9-11-7(5)8-4;9-7-5-3-1-2-4-6(5)12(10,11)8-7;9-7-5-3-1-2-4-6(5)10-8-7/h3H,1-2H3,(H,10,11);2-3H,1H3,(H,9,10);1-4H,(H,8,9);1-4H,(H,8,9). The van der Waals surface area contributed by atoms with E-state index in [4.69, 9.17) is 0 Å². The number of sulfonamides is 1. The largest absolute Gasteiger partial charge is 0.277 e. The van der Waals surface area contributed by atoms with Crippen molar-refractivity contribution in [3.05, 3.63) is 120 Å². The monoisotopic (exact) mass is 680 g/mol. The molecule has 12 nitrogen and oxygen atoms in total. The van der Waals surface area contributed by atoms with E-state index in [1.54, 1.807) is 18.2 Å². The van der Waals surface area contributed by atoms with E-state index in [0.717, 1.165) is 42.1 Å². The van der Waals surface area contributed by atoms with Crippen LogP contribution in [0.25, 0.3) is 30.5 Å². The van der Waals surface area contributed by atoms with Gasteiger partial charge in [-0.05, 0) is 91.9 Å². The van der Waals surface area contributed by atoms with E-state index >= 15 is 0 Å². The molecule has 1 aliphatic rings. The van der Waals surface area contributed by atoms with E-state index in [2.05, 4.69) is 23.1 Å². The Labute approximate surface area is 267 Å². The number of pyridine rings is 2. The molecule has 0 fully saturated rings. The Balaban J connectivity index is 0.000000119. The maximum absolute atomic E-state index is 11.2. The number of H-pyrrole nitrogens is 3. The smallest absolute Gasteiger partial charge is 0.267 e. The summed E-state index contributed by atoms with van der Waals surface area (Å²) in [6.07, 6.45) is 0. The lowest BCUT2D eigenvalue weighted by Crippen LogP contribution is -2.20. The first-order valence-corrected chi connectivity index (χ1v) is 17.0. The number of benzene rings is 2. The van der Waals surface area contributed by atoms with Gasteiger partial charge in [0.05, 0.1) is 26.4 Å². The highest BCUT2D eigenvalue weighted by Crippen LogP contribution is 2.21. The Kier molecular flexibility index (Phi) is 9.19. The number of nitrogens with one attached hydrogen (secondary N) is 4. The SMILES string of the molecule is Cc1cc(C)c2c(=O)[nH]sc2n1.Cc1ccc2c(=O)[nH]sc2n1.O=C1NS(=O)(=O)c2ccccc21.O=c1[nH]sc2ccccc12. The normalized spacial score (nSPS) is 12.7. The number of carbonyl (C=O) groups is 1. The van der Waals surface area contributed by atoms with Gasteiger partial charge >= 0.3 is 0 Å². The summed E-state index contributed by atoms with van der Waals surface area (Å²) >= 11 is 3.95. The van der Waals surface area contributed by atoms with Gasteiger partial charge in [0.1, 0.15) is 14.6 Å². The minimum Gasteiger partial charge on any atom is -0.277 e. The molecule has 6 heterocycles. The fourth-order valence-electron chi connectivity index (χ4n) is 4.25. The number of hydrogen-bond acceptors (Lipinski definition) is 11. The van der Waals surface area contributed by atoms with Crippen molar-refractivity contribution < 1.29 is 13.2 Å². The molecule has 0 spiro atoms. The maximum atomic E-state index is 11.2. The molecule has 0 atom stereocenters. The van der Waals surface area contributed by atoms with Crippen LogP contribution >= 0.6 is 34.6 Å². The van der Waals surface area contributed by atoms with E-state index < -0.39 is 15.9 Å². The van der Waals surface area contributed by atoms with Crippen LogP contribution in [0, 0.1) is 20.8 Å². The summed E-state index contributed by atoms with van der Waals surface area (Å²) in [7, 11) is -3.55. The van der Waals surface area contributed by atoms with Crippen LogP contribution in [0.2, 0.25) is 0 Å². The second-order valence-electron chi connectivity index (χ2n) is 9.59. The Morgan fingerprint density at radius 2 is 1.27 bits per heavy atom. The number of nitrogens with zero attached hydrogens (tertiary/aromatic N) is 2. The highest BCUT2D eigenvalue weighted by atomic mass is 32.2. The van der Waals surface area contributed by atoms with Crippen molar-refractivity contribution in [2.45, 2.75) is 25.7 Å². The van der Waals surface area contributed by atoms with Gasteiger partial charge in [-0.3, -0.25) is 32.3 Å². The number of amides is 1. The fraction of sp³-hybridized carbons (Fsp3) is 0.103. The predicted octanol–water partition coefficient (Wildman–Crippen LogP) is 4.60. The molecule has 1 amide bonds. The first kappa shape index (κ1) is 31.6. The lowest BCUT2D eigenvalue weighted by atomic mass is 10.2. The van der Waals surface area contributed by atoms with Crippen LogP contribution in [0.1, 0.15) is 27.3 Å². The first-order chi connectivity index (χ1) is 21.4. The van der Waals surface area contributed by atoms with E-state index in [1.807, 2.05) is 61.9 Å². The van der Waals surface area contributed by atoms with E-state index in [0.29, 0.717) is 5.39 Å². The maximum Gasteiger partial charge on any atom is 0.267 e. The van der Waals surface area contributed by atoms with Crippen LogP contribution in [0.4, 0.5) is 0 Å². The third-order valence-corrected chi connectivity index (χ3v) is 10.1. The molecule has 0 bridgehead atoms. The third kappa shape index (κ3) is 6.99. The first-order valence-electron chi connectivity index (χ1n) is 13.1. The predicted molar refractivity (Wildman–Crippen MR) is 178 cm³/mol. The van der Waals surface area contributed by atoms with Crippen molar-refractivity contribution >= 4 is 81.0 Å². The van der Waals surface area contributed by atoms with Crippen LogP contribution in [0.15, 0.2) is 86.0 Å². The van der Waals surface area contributed by atoms with Gasteiger partial charge < -0.3 is 0 Å². The molecule has 0 unspecified atom stereocenters. The van der Waals surface area contributed by atoms with Gasteiger partial charge in [-0.1, -0.05) is 35.8 Å². The van der Waals surface area contributed by atoms with E-state index in [9.17, 15) is 27.6 Å². The van der Waals surface area contributed by atoms with Gasteiger partial charge in [0, 0.05) is 11.4 Å². The van der Waals surface area contributed by atoms with E-state index in [-0.39, 0.29) is 27.1 Å². The van der Waals surface area contributed by atoms with Crippen LogP contribution in [0.5, 0.6) is 0 Å². The van der Waals surface area contributed by atoms with Crippen LogP contribution in [-0.4, -0.2) is 37.4 Å². The number of rotatable bonds is 0. The molecule has 0 aliphatic carbocycles. The molecule has 0 saturated heterocycles. The van der Waals surface area contributed by atoms with Gasteiger partial charge in [0.15, 0.2) is 0 Å². The summed E-state index contributed by atoms with van der Waals surface area (Å²) in [6, 6.07) is 19.2. The van der Waals surface area contributed by atoms with Crippen molar-refractivity contribution in [2.24, 2.45) is 0 Å². The highest BCUT2D eigenvalue weighted by molar-refractivity contribution is 7.90. The zero-order chi connectivity index (χ0) is 32.3. The van der Waals surface area contributed by atoms with Gasteiger partial charge in [-0.15, -0.1) is 0 Å². The quantitative estimate of drug-likeness (QED) is 0.179. The lowest BCUT2D eigenvalue weighted by molar-refractivity contribution is 0.0985. The topological polar surface area (TPSA) is 188 Å². The van der Waals surface area contributed by atoms with Crippen molar-refractivity contribution in [3.63, 3.8) is 0 Å². The number of aromatic nitrogens is 5. The van der Waals surface area contributed by atoms with Gasteiger partial charge in [-0.25, -0.2) is 23.1 Å². The number of hydrogen-bond donors (Lipinski definition) is 4. The van der Waals surface area contributed by atoms with Gasteiger partial charge in [0.25, 0.3) is 32.6 Å². The molecule has 0 radical (unpaired) electrons. The Hall–Kier alpha value is -4.77. The fourth-order valence-corrected chi connectivity index (χ4v) is 7.75. The second-order valence-corrected chi connectivity index (χ2v) is 13.7. The minimum absolute atomic E-state index is 0.0144. The number of aryl methyl sites for hydroxylation is 3. The van der Waals surface area contributed by atoms with E-state index in [1.165, 1.54) is 46.7 Å². The van der Waals surface area contributed by atoms with Crippen molar-refractivity contribution in [2.75, 3.05) is 0 Å². The summed E-state index contributed by atoms with van der Waals surface area (Å²) < 4.78 is 33.1. The molecule has 8 rings (SSSR count). The van der Waals surface area contributed by atoms with Gasteiger partial charge in [0.2, 0.25) is 0 Å². The summed E-state index contributed by atoms with van der Waals surface area (Å²) in [5.74, 6) is -0.550. The molecule has 5 aromatic heterocycles. The van der Waals surface area contributed by atoms with Crippen LogP contribution in [0.3, 0.4) is 0 Å².